The fourth-order valence-corrected chi connectivity index (χ4v) is 4.29. The summed E-state index contributed by atoms with van der Waals surface area (Å²) in [6.45, 7) is 7.19. The van der Waals surface area contributed by atoms with Gasteiger partial charge >= 0.3 is 0 Å². The Morgan fingerprint density at radius 3 is 2.54 bits per heavy atom. The quantitative estimate of drug-likeness (QED) is 0.551. The van der Waals surface area contributed by atoms with E-state index in [4.69, 9.17) is 9.47 Å². The van der Waals surface area contributed by atoms with Gasteiger partial charge in [0.1, 0.15) is 5.75 Å². The fraction of sp³-hybridized carbons (Fsp3) is 0.476. The molecule has 28 heavy (non-hydrogen) atoms. The predicted octanol–water partition coefficient (Wildman–Crippen LogP) is 2.80. The van der Waals surface area contributed by atoms with Crippen molar-refractivity contribution in [1.82, 2.24) is 15.5 Å². The van der Waals surface area contributed by atoms with Gasteiger partial charge in [-0.25, -0.2) is 0 Å². The molecule has 2 heterocycles. The van der Waals surface area contributed by atoms with E-state index in [0.29, 0.717) is 12.6 Å². The van der Waals surface area contributed by atoms with Gasteiger partial charge in [-0.1, -0.05) is 12.1 Å². The molecule has 0 aliphatic carbocycles. The summed E-state index contributed by atoms with van der Waals surface area (Å²) >= 11 is 1.87. The molecule has 2 aromatic rings. The maximum absolute atomic E-state index is 5.54. The first-order valence-electron chi connectivity index (χ1n) is 9.65. The SMILES string of the molecule is CN=C(NCc1ccc(OC)cc1)NCC(c1ccc(C)s1)N1CCOCC1. The minimum absolute atomic E-state index is 0.321. The number of guanidine groups is 1. The predicted molar refractivity (Wildman–Crippen MR) is 115 cm³/mol. The van der Waals surface area contributed by atoms with Crippen LogP contribution in [-0.4, -0.2) is 57.9 Å². The van der Waals surface area contributed by atoms with Crippen molar-refractivity contribution in [3.63, 3.8) is 0 Å². The van der Waals surface area contributed by atoms with Crippen LogP contribution in [0.1, 0.15) is 21.4 Å². The average Bonchev–Trinajstić information content (AvgIpc) is 3.17. The molecule has 0 spiro atoms. The number of ether oxygens (including phenoxy) is 2. The Kier molecular flexibility index (Phi) is 7.71. The molecule has 1 saturated heterocycles. The highest BCUT2D eigenvalue weighted by Crippen LogP contribution is 2.27. The maximum Gasteiger partial charge on any atom is 0.191 e. The van der Waals surface area contributed by atoms with Crippen LogP contribution in [0.25, 0.3) is 0 Å². The first kappa shape index (κ1) is 20.6. The number of aliphatic imine (C=N–C) groups is 1. The van der Waals surface area contributed by atoms with Gasteiger partial charge in [0.2, 0.25) is 0 Å². The van der Waals surface area contributed by atoms with E-state index in [-0.39, 0.29) is 0 Å². The Hall–Kier alpha value is -2.09. The van der Waals surface area contributed by atoms with Crippen molar-refractivity contribution >= 4 is 17.3 Å². The molecule has 7 heteroatoms. The number of hydrogen-bond donors (Lipinski definition) is 2. The van der Waals surface area contributed by atoms with Crippen LogP contribution in [0.5, 0.6) is 5.75 Å². The standard InChI is InChI=1S/C21H30N4O2S/c1-16-4-9-20(28-16)19(25-10-12-27-13-11-25)15-24-21(22-2)23-14-17-5-7-18(26-3)8-6-17/h4-9,19H,10-15H2,1-3H3,(H2,22,23,24). The molecule has 152 valence electrons. The third-order valence-corrected chi connectivity index (χ3v) is 5.98. The monoisotopic (exact) mass is 402 g/mol. The Morgan fingerprint density at radius 2 is 1.93 bits per heavy atom. The lowest BCUT2D eigenvalue weighted by atomic mass is 10.2. The van der Waals surface area contributed by atoms with Gasteiger partial charge in [-0.2, -0.15) is 0 Å². The van der Waals surface area contributed by atoms with Crippen LogP contribution in [0.3, 0.4) is 0 Å². The summed E-state index contributed by atoms with van der Waals surface area (Å²) in [5.74, 6) is 1.67. The highest BCUT2D eigenvalue weighted by Gasteiger charge is 2.24. The Morgan fingerprint density at radius 1 is 1.18 bits per heavy atom. The number of rotatable bonds is 7. The van der Waals surface area contributed by atoms with Gasteiger partial charge in [0, 0.05) is 43.0 Å². The minimum Gasteiger partial charge on any atom is -0.497 e. The molecule has 0 bridgehead atoms. The van der Waals surface area contributed by atoms with Gasteiger partial charge in [0.05, 0.1) is 26.4 Å². The van der Waals surface area contributed by atoms with Crippen molar-refractivity contribution in [1.29, 1.82) is 0 Å². The van der Waals surface area contributed by atoms with Crippen molar-refractivity contribution in [2.45, 2.75) is 19.5 Å². The van der Waals surface area contributed by atoms with Gasteiger partial charge < -0.3 is 20.1 Å². The largest absolute Gasteiger partial charge is 0.497 e. The van der Waals surface area contributed by atoms with Crippen LogP contribution < -0.4 is 15.4 Å². The number of methoxy groups -OCH3 is 1. The molecule has 2 N–H and O–H groups in total. The number of morpholine rings is 1. The van der Waals surface area contributed by atoms with E-state index in [9.17, 15) is 0 Å². The second-order valence-corrected chi connectivity index (χ2v) is 8.09. The average molecular weight is 403 g/mol. The number of nitrogens with zero attached hydrogens (tertiary/aromatic N) is 2. The molecule has 1 aromatic heterocycles. The summed E-state index contributed by atoms with van der Waals surface area (Å²) in [5.41, 5.74) is 1.18. The van der Waals surface area contributed by atoms with E-state index in [1.165, 1.54) is 15.3 Å². The van der Waals surface area contributed by atoms with Gasteiger partial charge in [-0.15, -0.1) is 11.3 Å². The number of aryl methyl sites for hydroxylation is 1. The zero-order valence-corrected chi connectivity index (χ0v) is 17.7. The van der Waals surface area contributed by atoms with Crippen molar-refractivity contribution < 1.29 is 9.47 Å². The molecule has 1 unspecified atom stereocenters. The number of thiophene rings is 1. The topological polar surface area (TPSA) is 58.1 Å². The molecule has 1 aliphatic rings. The van der Waals surface area contributed by atoms with Crippen LogP contribution in [0.4, 0.5) is 0 Å². The van der Waals surface area contributed by atoms with Gasteiger partial charge in [-0.05, 0) is 36.8 Å². The zero-order chi connectivity index (χ0) is 19.8. The van der Waals surface area contributed by atoms with Gasteiger partial charge in [-0.3, -0.25) is 9.89 Å². The molecule has 1 atom stereocenters. The third kappa shape index (κ3) is 5.70. The molecule has 6 nitrogen and oxygen atoms in total. The summed E-state index contributed by atoms with van der Waals surface area (Å²) in [6, 6.07) is 12.8. The summed E-state index contributed by atoms with van der Waals surface area (Å²) in [7, 11) is 3.49. The van der Waals surface area contributed by atoms with Crippen LogP contribution in [0.2, 0.25) is 0 Å². The summed E-state index contributed by atoms with van der Waals surface area (Å²) in [4.78, 5) is 9.61. The van der Waals surface area contributed by atoms with Crippen molar-refractivity contribution in [3.05, 3.63) is 51.7 Å². The number of benzene rings is 1. The van der Waals surface area contributed by atoms with Crippen molar-refractivity contribution in [3.8, 4) is 5.75 Å². The number of nitrogens with one attached hydrogen (secondary N) is 2. The normalized spacial score (nSPS) is 16.6. The van der Waals surface area contributed by atoms with Crippen molar-refractivity contribution in [2.75, 3.05) is 47.0 Å². The summed E-state index contributed by atoms with van der Waals surface area (Å²) in [5, 5.41) is 6.90. The first-order valence-corrected chi connectivity index (χ1v) is 10.5. The van der Waals surface area contributed by atoms with E-state index in [0.717, 1.165) is 44.6 Å². The van der Waals surface area contributed by atoms with Crippen LogP contribution in [0, 0.1) is 6.92 Å². The lowest BCUT2D eigenvalue weighted by Crippen LogP contribution is -2.46. The fourth-order valence-electron chi connectivity index (χ4n) is 3.27. The smallest absolute Gasteiger partial charge is 0.191 e. The second kappa shape index (κ2) is 10.5. The van der Waals surface area contributed by atoms with E-state index in [1.54, 1.807) is 7.11 Å². The van der Waals surface area contributed by atoms with Crippen molar-refractivity contribution in [2.24, 2.45) is 4.99 Å². The van der Waals surface area contributed by atoms with Gasteiger partial charge in [0.25, 0.3) is 0 Å². The molecular weight excluding hydrogens is 372 g/mol. The third-order valence-electron chi connectivity index (χ3n) is 4.88. The highest BCUT2D eigenvalue weighted by molar-refractivity contribution is 7.12. The maximum atomic E-state index is 5.54. The first-order chi connectivity index (χ1) is 13.7. The van der Waals surface area contributed by atoms with E-state index >= 15 is 0 Å². The van der Waals surface area contributed by atoms with E-state index in [1.807, 2.05) is 30.5 Å². The molecule has 0 saturated carbocycles. The van der Waals surface area contributed by atoms with E-state index in [2.05, 4.69) is 51.7 Å². The molecule has 1 fully saturated rings. The van der Waals surface area contributed by atoms with Crippen LogP contribution in [0.15, 0.2) is 41.4 Å². The Bertz CT molecular complexity index is 754. The second-order valence-electron chi connectivity index (χ2n) is 6.77. The Balaban J connectivity index is 1.58. The zero-order valence-electron chi connectivity index (χ0n) is 16.9. The summed E-state index contributed by atoms with van der Waals surface area (Å²) < 4.78 is 10.8. The van der Waals surface area contributed by atoms with Crippen LogP contribution in [-0.2, 0) is 11.3 Å². The van der Waals surface area contributed by atoms with Gasteiger partial charge in [0.15, 0.2) is 5.96 Å². The number of hydrogen-bond acceptors (Lipinski definition) is 5. The molecule has 1 aromatic carbocycles. The van der Waals surface area contributed by atoms with Crippen LogP contribution >= 0.6 is 11.3 Å². The van der Waals surface area contributed by atoms with E-state index < -0.39 is 0 Å². The molecular formula is C21H30N4O2S. The molecule has 0 radical (unpaired) electrons. The molecule has 3 rings (SSSR count). The highest BCUT2D eigenvalue weighted by atomic mass is 32.1. The minimum atomic E-state index is 0.321. The lowest BCUT2D eigenvalue weighted by Gasteiger charge is -2.34. The molecule has 1 aliphatic heterocycles. The lowest BCUT2D eigenvalue weighted by molar-refractivity contribution is 0.0177. The summed E-state index contributed by atoms with van der Waals surface area (Å²) in [6.07, 6.45) is 0. The Labute approximate surface area is 171 Å². The molecule has 0 amide bonds.